The molecule has 2 aromatic carbocycles. The Morgan fingerprint density at radius 2 is 1.71 bits per heavy atom. The number of morpholine rings is 1. The van der Waals surface area contributed by atoms with Gasteiger partial charge in [0.1, 0.15) is 11.6 Å². The van der Waals surface area contributed by atoms with E-state index in [9.17, 15) is 30.8 Å². The van der Waals surface area contributed by atoms with Crippen molar-refractivity contribution in [2.75, 3.05) is 45.9 Å². The molecule has 1 aromatic heterocycles. The number of hydrogen-bond acceptors (Lipinski definition) is 6. The van der Waals surface area contributed by atoms with Crippen molar-refractivity contribution in [3.8, 4) is 0 Å². The van der Waals surface area contributed by atoms with E-state index in [-0.39, 0.29) is 19.6 Å². The largest absolute Gasteiger partial charge is 0.467 e. The van der Waals surface area contributed by atoms with Gasteiger partial charge in [0, 0.05) is 26.2 Å². The smallest absolute Gasteiger partial charge is 0.416 e. The molecule has 0 atom stereocenters. The van der Waals surface area contributed by atoms with Gasteiger partial charge >= 0.3 is 6.18 Å². The molecule has 1 amide bonds. The molecule has 1 saturated heterocycles. The summed E-state index contributed by atoms with van der Waals surface area (Å²) in [6, 6.07) is 12.3. The van der Waals surface area contributed by atoms with Crippen molar-refractivity contribution < 1.29 is 39.9 Å². The number of furan rings is 1. The maximum atomic E-state index is 13.7. The Labute approximate surface area is 236 Å². The number of nitrogens with zero attached hydrogens (tertiary/aromatic N) is 3. The van der Waals surface area contributed by atoms with Crippen LogP contribution in [0.2, 0.25) is 0 Å². The number of ether oxygens (including phenoxy) is 1. The first kappa shape index (κ1) is 30.7. The van der Waals surface area contributed by atoms with Gasteiger partial charge in [-0.1, -0.05) is 18.2 Å². The molecule has 41 heavy (non-hydrogen) atoms. The number of hydrogen-bond donors (Lipinski definition) is 0. The molecule has 222 valence electrons. The molecule has 0 radical (unpaired) electrons. The number of halogens is 4. The van der Waals surface area contributed by atoms with Gasteiger partial charge in [-0.2, -0.15) is 17.5 Å². The van der Waals surface area contributed by atoms with E-state index in [1.807, 2.05) is 0 Å². The van der Waals surface area contributed by atoms with Crippen LogP contribution >= 0.6 is 0 Å². The second-order valence-electron chi connectivity index (χ2n) is 9.63. The summed E-state index contributed by atoms with van der Waals surface area (Å²) in [6.07, 6.45) is -2.95. The van der Waals surface area contributed by atoms with Crippen molar-refractivity contribution in [3.63, 3.8) is 0 Å². The summed E-state index contributed by atoms with van der Waals surface area (Å²) in [7, 11) is -4.49. The molecule has 13 heteroatoms. The molecule has 1 aliphatic heterocycles. The molecule has 0 bridgehead atoms. The van der Waals surface area contributed by atoms with Crippen molar-refractivity contribution in [1.82, 2.24) is 14.1 Å². The normalized spacial score (nSPS) is 14.9. The zero-order valence-electron chi connectivity index (χ0n) is 22.2. The Balaban J connectivity index is 1.58. The Hall–Kier alpha value is -3.26. The summed E-state index contributed by atoms with van der Waals surface area (Å²) in [6.45, 7) is 2.32. The molecule has 4 rings (SSSR count). The molecular formula is C28H31F4N3O5S. The van der Waals surface area contributed by atoms with Crippen molar-refractivity contribution in [1.29, 1.82) is 0 Å². The lowest BCUT2D eigenvalue weighted by molar-refractivity contribution is -0.137. The van der Waals surface area contributed by atoms with Crippen molar-refractivity contribution >= 4 is 15.9 Å². The number of carbonyl (C=O) groups is 1. The van der Waals surface area contributed by atoms with Crippen LogP contribution in [0.1, 0.15) is 23.3 Å². The molecule has 8 nitrogen and oxygen atoms in total. The van der Waals surface area contributed by atoms with Crippen LogP contribution in [0.25, 0.3) is 0 Å². The predicted octanol–water partition coefficient (Wildman–Crippen LogP) is 4.38. The van der Waals surface area contributed by atoms with E-state index < -0.39 is 44.9 Å². The maximum Gasteiger partial charge on any atom is 0.416 e. The van der Waals surface area contributed by atoms with Gasteiger partial charge < -0.3 is 14.1 Å². The fourth-order valence-corrected chi connectivity index (χ4v) is 5.92. The first-order valence-corrected chi connectivity index (χ1v) is 14.5. The number of rotatable bonds is 12. The second kappa shape index (κ2) is 13.6. The molecule has 2 heterocycles. The highest BCUT2D eigenvalue weighted by Gasteiger charge is 2.34. The van der Waals surface area contributed by atoms with Crippen LogP contribution in [0.15, 0.2) is 76.2 Å². The monoisotopic (exact) mass is 597 g/mol. The van der Waals surface area contributed by atoms with Crippen molar-refractivity contribution in [2.45, 2.75) is 30.6 Å². The van der Waals surface area contributed by atoms with Gasteiger partial charge in [-0.15, -0.1) is 0 Å². The molecule has 1 fully saturated rings. The molecule has 0 unspecified atom stereocenters. The van der Waals surface area contributed by atoms with E-state index in [4.69, 9.17) is 9.15 Å². The van der Waals surface area contributed by atoms with E-state index in [1.165, 1.54) is 35.4 Å². The van der Waals surface area contributed by atoms with Gasteiger partial charge in [0.05, 0.1) is 43.0 Å². The second-order valence-corrected chi connectivity index (χ2v) is 11.6. The average molecular weight is 598 g/mol. The Morgan fingerprint density at radius 3 is 2.37 bits per heavy atom. The standard InChI is InChI=1S/C28H31F4N3O5S/c29-24-9-7-22(8-10-24)19-34(20-25-5-2-15-40-25)27(36)21-35(12-3-11-33-13-16-39-17-14-33)41(37,38)26-6-1-4-23(18-26)28(30,31)32/h1-2,4-10,15,18H,3,11-14,16-17,19-21H2. The minimum Gasteiger partial charge on any atom is -0.467 e. The molecule has 0 N–H and O–H groups in total. The summed E-state index contributed by atoms with van der Waals surface area (Å²) in [5, 5.41) is 0. The topological polar surface area (TPSA) is 83.3 Å². The van der Waals surface area contributed by atoms with Crippen LogP contribution in [0, 0.1) is 5.82 Å². The molecule has 0 saturated carbocycles. The lowest BCUT2D eigenvalue weighted by Gasteiger charge is -2.29. The first-order valence-electron chi connectivity index (χ1n) is 13.0. The summed E-state index contributed by atoms with van der Waals surface area (Å²) < 4.78 is 92.5. The average Bonchev–Trinajstić information content (AvgIpc) is 3.46. The third-order valence-corrected chi connectivity index (χ3v) is 8.50. The lowest BCUT2D eigenvalue weighted by atomic mass is 10.2. The third kappa shape index (κ3) is 8.62. The molecular weight excluding hydrogens is 566 g/mol. The SMILES string of the molecule is O=C(CN(CCCN1CCOCC1)S(=O)(=O)c1cccc(C(F)(F)F)c1)N(Cc1ccc(F)cc1)Cc1ccco1. The number of carbonyl (C=O) groups excluding carboxylic acids is 1. The summed E-state index contributed by atoms with van der Waals surface area (Å²) in [5.74, 6) is -0.594. The summed E-state index contributed by atoms with van der Waals surface area (Å²) in [5.41, 5.74) is -0.500. The van der Waals surface area contributed by atoms with Crippen LogP contribution in [0.4, 0.5) is 17.6 Å². The molecule has 0 aliphatic carbocycles. The number of alkyl halides is 3. The van der Waals surface area contributed by atoms with Gasteiger partial charge in [0.2, 0.25) is 15.9 Å². The zero-order chi connectivity index (χ0) is 29.5. The van der Waals surface area contributed by atoms with Crippen LogP contribution in [0.5, 0.6) is 0 Å². The van der Waals surface area contributed by atoms with E-state index >= 15 is 0 Å². The zero-order valence-corrected chi connectivity index (χ0v) is 23.0. The minimum absolute atomic E-state index is 0.00837. The lowest BCUT2D eigenvalue weighted by Crippen LogP contribution is -2.44. The van der Waals surface area contributed by atoms with E-state index in [0.717, 1.165) is 22.5 Å². The molecule has 1 aliphatic rings. The predicted molar refractivity (Wildman–Crippen MR) is 141 cm³/mol. The quantitative estimate of drug-likeness (QED) is 0.288. The minimum atomic E-state index is -4.74. The highest BCUT2D eigenvalue weighted by molar-refractivity contribution is 7.89. The van der Waals surface area contributed by atoms with Crippen LogP contribution in [-0.2, 0) is 38.8 Å². The van der Waals surface area contributed by atoms with Gasteiger partial charge in [0.25, 0.3) is 0 Å². The molecule has 3 aromatic rings. The Bertz CT molecular complexity index is 1380. The van der Waals surface area contributed by atoms with Crippen molar-refractivity contribution in [3.05, 3.63) is 89.6 Å². The Kier molecular flexibility index (Phi) is 10.2. The van der Waals surface area contributed by atoms with Crippen LogP contribution < -0.4 is 0 Å². The van der Waals surface area contributed by atoms with Gasteiger partial charge in [-0.25, -0.2) is 12.8 Å². The first-order chi connectivity index (χ1) is 19.5. The maximum absolute atomic E-state index is 13.7. The highest BCUT2D eigenvalue weighted by Crippen LogP contribution is 2.31. The van der Waals surface area contributed by atoms with Crippen LogP contribution in [-0.4, -0.2) is 74.4 Å². The number of sulfonamides is 1. The van der Waals surface area contributed by atoms with Crippen LogP contribution in [0.3, 0.4) is 0 Å². The number of amides is 1. The molecule has 0 spiro atoms. The Morgan fingerprint density at radius 1 is 0.976 bits per heavy atom. The van der Waals surface area contributed by atoms with Crippen molar-refractivity contribution in [2.24, 2.45) is 0 Å². The third-order valence-electron chi connectivity index (χ3n) is 6.66. The van der Waals surface area contributed by atoms with E-state index in [2.05, 4.69) is 4.90 Å². The fourth-order valence-electron chi connectivity index (χ4n) is 4.45. The fraction of sp³-hybridized carbons (Fsp3) is 0.393. The van der Waals surface area contributed by atoms with Gasteiger partial charge in [-0.3, -0.25) is 9.69 Å². The van der Waals surface area contributed by atoms with E-state index in [0.29, 0.717) is 56.7 Å². The summed E-state index contributed by atoms with van der Waals surface area (Å²) >= 11 is 0. The summed E-state index contributed by atoms with van der Waals surface area (Å²) in [4.78, 5) is 16.5. The van der Waals surface area contributed by atoms with Gasteiger partial charge in [-0.05, 0) is 61.0 Å². The van der Waals surface area contributed by atoms with E-state index in [1.54, 1.807) is 12.1 Å². The highest BCUT2D eigenvalue weighted by atomic mass is 32.2. The van der Waals surface area contributed by atoms with Gasteiger partial charge in [0.15, 0.2) is 0 Å². The number of benzene rings is 2.